The zero-order valence-electron chi connectivity index (χ0n) is 7.58. The number of nitrogen functional groups attached to an aromatic ring is 1. The van der Waals surface area contributed by atoms with Gasteiger partial charge in [-0.25, -0.2) is 9.97 Å². The van der Waals surface area contributed by atoms with Crippen molar-refractivity contribution in [2.75, 3.05) is 5.73 Å². The number of hydrogen-bond acceptors (Lipinski definition) is 4. The number of rotatable bonds is 1. The van der Waals surface area contributed by atoms with E-state index in [4.69, 9.17) is 11.5 Å². The van der Waals surface area contributed by atoms with Crippen molar-refractivity contribution < 1.29 is 0 Å². The highest BCUT2D eigenvalue weighted by molar-refractivity contribution is 5.43. The second-order valence-electron chi connectivity index (χ2n) is 3.36. The van der Waals surface area contributed by atoms with Gasteiger partial charge in [0.05, 0.1) is 6.54 Å². The van der Waals surface area contributed by atoms with Gasteiger partial charge in [0.2, 0.25) is 0 Å². The topological polar surface area (TPSA) is 77.8 Å². The minimum atomic E-state index is 0.373. The van der Waals surface area contributed by atoms with Crippen molar-refractivity contribution in [3.05, 3.63) is 17.1 Å². The minimum absolute atomic E-state index is 0.373. The Bertz CT molecular complexity index is 322. The summed E-state index contributed by atoms with van der Waals surface area (Å²) in [4.78, 5) is 8.52. The van der Waals surface area contributed by atoms with Crippen LogP contribution in [0.4, 0.5) is 5.82 Å². The van der Waals surface area contributed by atoms with Crippen LogP contribution < -0.4 is 11.5 Å². The number of anilines is 1. The first-order valence-corrected chi connectivity index (χ1v) is 4.65. The predicted molar refractivity (Wildman–Crippen MR) is 51.0 cm³/mol. The maximum atomic E-state index is 5.81. The molecular weight excluding hydrogens is 164 g/mol. The standard InChI is InChI=1S/C9H14N4/c10-5-8-12-7-4-2-1-3-6(7)9(11)13-8/h1-5,10H2,(H2,11,12,13). The van der Waals surface area contributed by atoms with Crippen molar-refractivity contribution in [1.82, 2.24) is 9.97 Å². The molecule has 0 aromatic carbocycles. The Morgan fingerprint density at radius 1 is 1.15 bits per heavy atom. The van der Waals surface area contributed by atoms with E-state index in [0.717, 1.165) is 24.1 Å². The first-order valence-electron chi connectivity index (χ1n) is 4.65. The third-order valence-electron chi connectivity index (χ3n) is 2.44. The van der Waals surface area contributed by atoms with E-state index in [1.54, 1.807) is 0 Å². The monoisotopic (exact) mass is 178 g/mol. The van der Waals surface area contributed by atoms with Crippen molar-refractivity contribution in [3.8, 4) is 0 Å². The van der Waals surface area contributed by atoms with Crippen LogP contribution in [0.1, 0.15) is 29.9 Å². The van der Waals surface area contributed by atoms with Gasteiger partial charge >= 0.3 is 0 Å². The van der Waals surface area contributed by atoms with E-state index < -0.39 is 0 Å². The number of nitrogens with two attached hydrogens (primary N) is 2. The fourth-order valence-electron chi connectivity index (χ4n) is 1.77. The van der Waals surface area contributed by atoms with E-state index in [-0.39, 0.29) is 0 Å². The summed E-state index contributed by atoms with van der Waals surface area (Å²) in [5.74, 6) is 1.29. The molecule has 0 amide bonds. The molecule has 4 nitrogen and oxygen atoms in total. The van der Waals surface area contributed by atoms with Crippen LogP contribution in [-0.2, 0) is 19.4 Å². The lowest BCUT2D eigenvalue weighted by Crippen LogP contribution is -2.14. The predicted octanol–water partition coefficient (Wildman–Crippen LogP) is 0.396. The Morgan fingerprint density at radius 2 is 1.92 bits per heavy atom. The van der Waals surface area contributed by atoms with Gasteiger partial charge in [0.1, 0.15) is 11.6 Å². The molecule has 70 valence electrons. The van der Waals surface area contributed by atoms with Crippen molar-refractivity contribution in [2.24, 2.45) is 5.73 Å². The molecule has 0 spiro atoms. The number of hydrogen-bond donors (Lipinski definition) is 2. The van der Waals surface area contributed by atoms with Crippen LogP contribution in [0.2, 0.25) is 0 Å². The molecule has 0 saturated heterocycles. The highest BCUT2D eigenvalue weighted by atomic mass is 15.0. The fraction of sp³-hybridized carbons (Fsp3) is 0.556. The summed E-state index contributed by atoms with van der Waals surface area (Å²) in [5, 5.41) is 0. The van der Waals surface area contributed by atoms with Gasteiger partial charge in [-0.05, 0) is 25.7 Å². The van der Waals surface area contributed by atoms with Gasteiger partial charge < -0.3 is 11.5 Å². The Kier molecular flexibility index (Phi) is 2.14. The SMILES string of the molecule is NCc1nc(N)c2c(n1)CCCC2. The Balaban J connectivity index is 2.47. The van der Waals surface area contributed by atoms with E-state index >= 15 is 0 Å². The molecule has 1 aliphatic rings. The molecule has 0 radical (unpaired) electrons. The first kappa shape index (κ1) is 8.44. The summed E-state index contributed by atoms with van der Waals surface area (Å²) in [6.45, 7) is 0.373. The third kappa shape index (κ3) is 1.49. The molecule has 0 saturated carbocycles. The van der Waals surface area contributed by atoms with E-state index in [1.807, 2.05) is 0 Å². The highest BCUT2D eigenvalue weighted by Crippen LogP contribution is 2.23. The molecule has 0 fully saturated rings. The molecule has 0 aliphatic heterocycles. The zero-order chi connectivity index (χ0) is 9.26. The fourth-order valence-corrected chi connectivity index (χ4v) is 1.77. The number of nitrogens with zero attached hydrogens (tertiary/aromatic N) is 2. The lowest BCUT2D eigenvalue weighted by Gasteiger charge is -2.16. The Morgan fingerprint density at radius 3 is 2.69 bits per heavy atom. The molecule has 4 heteroatoms. The second kappa shape index (κ2) is 3.30. The van der Waals surface area contributed by atoms with Crippen LogP contribution in [0, 0.1) is 0 Å². The number of fused-ring (bicyclic) bond motifs is 1. The summed E-state index contributed by atoms with van der Waals surface area (Å²) in [7, 11) is 0. The second-order valence-corrected chi connectivity index (χ2v) is 3.36. The molecule has 1 aromatic heterocycles. The van der Waals surface area contributed by atoms with Crippen LogP contribution in [-0.4, -0.2) is 9.97 Å². The molecule has 0 atom stereocenters. The van der Waals surface area contributed by atoms with Crippen LogP contribution in [0.5, 0.6) is 0 Å². The van der Waals surface area contributed by atoms with Gasteiger partial charge in [-0.1, -0.05) is 0 Å². The van der Waals surface area contributed by atoms with E-state index in [9.17, 15) is 0 Å². The minimum Gasteiger partial charge on any atom is -0.383 e. The third-order valence-corrected chi connectivity index (χ3v) is 2.44. The molecule has 1 aromatic rings. The Hall–Kier alpha value is -1.16. The largest absolute Gasteiger partial charge is 0.383 e. The molecule has 13 heavy (non-hydrogen) atoms. The molecule has 2 rings (SSSR count). The van der Waals surface area contributed by atoms with Crippen LogP contribution >= 0.6 is 0 Å². The lowest BCUT2D eigenvalue weighted by molar-refractivity contribution is 0.656. The summed E-state index contributed by atoms with van der Waals surface area (Å²) in [6, 6.07) is 0. The van der Waals surface area contributed by atoms with Gasteiger partial charge in [0.25, 0.3) is 0 Å². The smallest absolute Gasteiger partial charge is 0.144 e. The van der Waals surface area contributed by atoms with Crippen LogP contribution in [0.25, 0.3) is 0 Å². The van der Waals surface area contributed by atoms with Gasteiger partial charge in [-0.15, -0.1) is 0 Å². The highest BCUT2D eigenvalue weighted by Gasteiger charge is 2.15. The Labute approximate surface area is 77.4 Å². The quantitative estimate of drug-likeness (QED) is 0.652. The zero-order valence-corrected chi connectivity index (χ0v) is 7.58. The summed E-state index contributed by atoms with van der Waals surface area (Å²) in [6.07, 6.45) is 4.44. The number of aryl methyl sites for hydroxylation is 1. The average molecular weight is 178 g/mol. The summed E-state index contributed by atoms with van der Waals surface area (Å²) in [5.41, 5.74) is 13.5. The number of aromatic nitrogens is 2. The summed E-state index contributed by atoms with van der Waals surface area (Å²) >= 11 is 0. The molecule has 0 unspecified atom stereocenters. The molecular formula is C9H14N4. The van der Waals surface area contributed by atoms with Gasteiger partial charge in [-0.2, -0.15) is 0 Å². The van der Waals surface area contributed by atoms with Crippen molar-refractivity contribution >= 4 is 5.82 Å². The maximum Gasteiger partial charge on any atom is 0.144 e. The lowest BCUT2D eigenvalue weighted by atomic mass is 9.96. The van der Waals surface area contributed by atoms with Gasteiger partial charge in [0.15, 0.2) is 0 Å². The normalized spacial score (nSPS) is 15.5. The van der Waals surface area contributed by atoms with Crippen molar-refractivity contribution in [1.29, 1.82) is 0 Å². The van der Waals surface area contributed by atoms with Gasteiger partial charge in [0, 0.05) is 11.3 Å². The maximum absolute atomic E-state index is 5.81. The molecule has 1 heterocycles. The van der Waals surface area contributed by atoms with E-state index in [0.29, 0.717) is 18.2 Å². The summed E-state index contributed by atoms with van der Waals surface area (Å²) < 4.78 is 0. The van der Waals surface area contributed by atoms with E-state index in [1.165, 1.54) is 12.8 Å². The molecule has 1 aliphatic carbocycles. The van der Waals surface area contributed by atoms with Crippen molar-refractivity contribution in [2.45, 2.75) is 32.2 Å². The van der Waals surface area contributed by atoms with Gasteiger partial charge in [-0.3, -0.25) is 0 Å². The van der Waals surface area contributed by atoms with E-state index in [2.05, 4.69) is 9.97 Å². The molecule has 4 N–H and O–H groups in total. The first-order chi connectivity index (χ1) is 6.31. The van der Waals surface area contributed by atoms with Crippen LogP contribution in [0.15, 0.2) is 0 Å². The van der Waals surface area contributed by atoms with Crippen LogP contribution in [0.3, 0.4) is 0 Å². The van der Waals surface area contributed by atoms with Crippen molar-refractivity contribution in [3.63, 3.8) is 0 Å². The molecule has 0 bridgehead atoms. The average Bonchev–Trinajstić information content (AvgIpc) is 2.18.